The Kier molecular flexibility index (Phi) is 3.87. The Labute approximate surface area is 118 Å². The molecule has 0 saturated heterocycles. The topological polar surface area (TPSA) is 78.1 Å². The molecular formula is C15H21N3O2. The first kappa shape index (κ1) is 13.4. The predicted octanol–water partition coefficient (Wildman–Crippen LogP) is 2.96. The summed E-state index contributed by atoms with van der Waals surface area (Å²) in [6, 6.07) is 3.84. The predicted molar refractivity (Wildman–Crippen MR) is 74.0 cm³/mol. The molecule has 2 heterocycles. The van der Waals surface area contributed by atoms with E-state index in [1.807, 2.05) is 12.1 Å². The summed E-state index contributed by atoms with van der Waals surface area (Å²) in [5.74, 6) is 2.25. The second kappa shape index (κ2) is 5.79. The summed E-state index contributed by atoms with van der Waals surface area (Å²) < 4.78 is 10.6. The second-order valence-corrected chi connectivity index (χ2v) is 5.66. The maximum Gasteiger partial charge on any atom is 0.227 e. The van der Waals surface area contributed by atoms with Gasteiger partial charge in [-0.2, -0.15) is 4.98 Å². The van der Waals surface area contributed by atoms with Crippen molar-refractivity contribution in [3.05, 3.63) is 35.9 Å². The number of hydrogen-bond acceptors (Lipinski definition) is 5. The first-order valence-electron chi connectivity index (χ1n) is 7.41. The SMILES string of the molecule is NC1(c2noc(CCc3ccco3)n2)CCCCCC1. The quantitative estimate of drug-likeness (QED) is 0.868. The lowest BCUT2D eigenvalue weighted by Crippen LogP contribution is -2.37. The summed E-state index contributed by atoms with van der Waals surface area (Å²) in [6.45, 7) is 0. The van der Waals surface area contributed by atoms with Crippen LogP contribution in [0.1, 0.15) is 56.0 Å². The van der Waals surface area contributed by atoms with E-state index in [1.54, 1.807) is 6.26 Å². The van der Waals surface area contributed by atoms with Crippen molar-refractivity contribution < 1.29 is 8.94 Å². The van der Waals surface area contributed by atoms with Crippen LogP contribution in [0, 0.1) is 0 Å². The summed E-state index contributed by atoms with van der Waals surface area (Å²) in [4.78, 5) is 4.50. The first-order valence-corrected chi connectivity index (χ1v) is 7.41. The molecular weight excluding hydrogens is 254 g/mol. The fourth-order valence-corrected chi connectivity index (χ4v) is 2.83. The lowest BCUT2D eigenvalue weighted by atomic mass is 9.91. The number of hydrogen-bond donors (Lipinski definition) is 1. The number of nitrogens with two attached hydrogens (primary N) is 1. The number of aromatic nitrogens is 2. The molecule has 1 aliphatic rings. The molecule has 20 heavy (non-hydrogen) atoms. The fourth-order valence-electron chi connectivity index (χ4n) is 2.83. The van der Waals surface area contributed by atoms with Gasteiger partial charge in [0.1, 0.15) is 5.76 Å². The minimum absolute atomic E-state index is 0.400. The molecule has 0 radical (unpaired) electrons. The maximum absolute atomic E-state index is 6.48. The van der Waals surface area contributed by atoms with Crippen molar-refractivity contribution in [3.63, 3.8) is 0 Å². The van der Waals surface area contributed by atoms with E-state index in [2.05, 4.69) is 10.1 Å². The summed E-state index contributed by atoms with van der Waals surface area (Å²) in [5, 5.41) is 4.11. The summed E-state index contributed by atoms with van der Waals surface area (Å²) in [7, 11) is 0. The third-order valence-electron chi connectivity index (χ3n) is 4.07. The molecule has 2 aromatic heterocycles. The molecule has 2 aromatic rings. The van der Waals surface area contributed by atoms with Crippen LogP contribution in [0.15, 0.2) is 27.3 Å². The number of nitrogens with zero attached hydrogens (tertiary/aromatic N) is 2. The highest BCUT2D eigenvalue weighted by Gasteiger charge is 2.33. The van der Waals surface area contributed by atoms with E-state index < -0.39 is 5.54 Å². The van der Waals surface area contributed by atoms with Crippen LogP contribution in [0.2, 0.25) is 0 Å². The highest BCUT2D eigenvalue weighted by molar-refractivity contribution is 5.06. The monoisotopic (exact) mass is 275 g/mol. The van der Waals surface area contributed by atoms with Gasteiger partial charge in [-0.15, -0.1) is 0 Å². The van der Waals surface area contributed by atoms with Gasteiger partial charge in [-0.3, -0.25) is 0 Å². The average molecular weight is 275 g/mol. The minimum Gasteiger partial charge on any atom is -0.469 e. The van der Waals surface area contributed by atoms with Crippen LogP contribution in [0.5, 0.6) is 0 Å². The van der Waals surface area contributed by atoms with Crippen LogP contribution >= 0.6 is 0 Å². The standard InChI is InChI=1S/C15H21N3O2/c16-15(9-3-1-2-4-10-15)14-17-13(20-18-14)8-7-12-6-5-11-19-12/h5-6,11H,1-4,7-10,16H2. The van der Waals surface area contributed by atoms with Crippen molar-refractivity contribution in [2.75, 3.05) is 0 Å². The normalized spacial score (nSPS) is 18.9. The zero-order valence-electron chi connectivity index (χ0n) is 11.7. The van der Waals surface area contributed by atoms with Gasteiger partial charge in [0.15, 0.2) is 5.82 Å². The van der Waals surface area contributed by atoms with Gasteiger partial charge < -0.3 is 14.7 Å². The van der Waals surface area contributed by atoms with E-state index in [1.165, 1.54) is 12.8 Å². The van der Waals surface area contributed by atoms with Crippen molar-refractivity contribution in [3.8, 4) is 0 Å². The lowest BCUT2D eigenvalue weighted by molar-refractivity contribution is 0.323. The summed E-state index contributed by atoms with van der Waals surface area (Å²) in [6.07, 6.45) is 9.83. The van der Waals surface area contributed by atoms with Gasteiger partial charge in [0.25, 0.3) is 0 Å². The molecule has 1 saturated carbocycles. The van der Waals surface area contributed by atoms with Crippen LogP contribution < -0.4 is 5.73 Å². The smallest absolute Gasteiger partial charge is 0.227 e. The Bertz CT molecular complexity index is 525. The highest BCUT2D eigenvalue weighted by Crippen LogP contribution is 2.32. The molecule has 1 fully saturated rings. The largest absolute Gasteiger partial charge is 0.469 e. The average Bonchev–Trinajstić information content (AvgIpc) is 3.08. The van der Waals surface area contributed by atoms with E-state index in [9.17, 15) is 0 Å². The third kappa shape index (κ3) is 2.93. The highest BCUT2D eigenvalue weighted by atomic mass is 16.5. The molecule has 0 unspecified atom stereocenters. The lowest BCUT2D eigenvalue weighted by Gasteiger charge is -2.23. The molecule has 0 bridgehead atoms. The van der Waals surface area contributed by atoms with Crippen LogP contribution in [0.3, 0.4) is 0 Å². The van der Waals surface area contributed by atoms with Crippen molar-refractivity contribution >= 4 is 0 Å². The molecule has 5 nitrogen and oxygen atoms in total. The Morgan fingerprint density at radius 1 is 1.15 bits per heavy atom. The number of furan rings is 1. The van der Waals surface area contributed by atoms with Gasteiger partial charge in [-0.05, 0) is 25.0 Å². The molecule has 0 amide bonds. The van der Waals surface area contributed by atoms with Crippen LogP contribution in [-0.2, 0) is 18.4 Å². The molecule has 0 atom stereocenters. The fraction of sp³-hybridized carbons (Fsp3) is 0.600. The second-order valence-electron chi connectivity index (χ2n) is 5.66. The first-order chi connectivity index (χ1) is 9.76. The Hall–Kier alpha value is -1.62. The molecule has 2 N–H and O–H groups in total. The molecule has 5 heteroatoms. The third-order valence-corrected chi connectivity index (χ3v) is 4.07. The van der Waals surface area contributed by atoms with Gasteiger partial charge in [0, 0.05) is 12.8 Å². The van der Waals surface area contributed by atoms with E-state index in [-0.39, 0.29) is 0 Å². The van der Waals surface area contributed by atoms with Gasteiger partial charge >= 0.3 is 0 Å². The van der Waals surface area contributed by atoms with Crippen LogP contribution in [0.25, 0.3) is 0 Å². The van der Waals surface area contributed by atoms with E-state index >= 15 is 0 Å². The van der Waals surface area contributed by atoms with Crippen molar-refractivity contribution in [1.82, 2.24) is 10.1 Å². The van der Waals surface area contributed by atoms with E-state index in [0.717, 1.165) is 37.9 Å². The van der Waals surface area contributed by atoms with Crippen molar-refractivity contribution in [2.24, 2.45) is 5.73 Å². The van der Waals surface area contributed by atoms with Gasteiger partial charge in [0.05, 0.1) is 11.8 Å². The zero-order valence-corrected chi connectivity index (χ0v) is 11.7. The summed E-state index contributed by atoms with van der Waals surface area (Å²) >= 11 is 0. The van der Waals surface area contributed by atoms with Crippen molar-refractivity contribution in [1.29, 1.82) is 0 Å². The van der Waals surface area contributed by atoms with E-state index in [4.69, 9.17) is 14.7 Å². The minimum atomic E-state index is -0.400. The van der Waals surface area contributed by atoms with Crippen LogP contribution in [0.4, 0.5) is 0 Å². The van der Waals surface area contributed by atoms with E-state index in [0.29, 0.717) is 18.1 Å². The zero-order chi connectivity index (χ0) is 13.8. The van der Waals surface area contributed by atoms with Crippen molar-refractivity contribution in [2.45, 2.75) is 56.9 Å². The Balaban J connectivity index is 1.66. The summed E-state index contributed by atoms with van der Waals surface area (Å²) in [5.41, 5.74) is 6.08. The molecule has 1 aliphatic carbocycles. The van der Waals surface area contributed by atoms with Crippen LogP contribution in [-0.4, -0.2) is 10.1 Å². The van der Waals surface area contributed by atoms with Gasteiger partial charge in [-0.25, -0.2) is 0 Å². The molecule has 0 aromatic carbocycles. The molecule has 108 valence electrons. The number of aryl methyl sites for hydroxylation is 2. The molecule has 0 aliphatic heterocycles. The van der Waals surface area contributed by atoms with Gasteiger partial charge in [0.2, 0.25) is 5.89 Å². The molecule has 0 spiro atoms. The van der Waals surface area contributed by atoms with Gasteiger partial charge in [-0.1, -0.05) is 30.8 Å². The molecule has 3 rings (SSSR count). The Morgan fingerprint density at radius 3 is 2.65 bits per heavy atom. The Morgan fingerprint density at radius 2 is 1.95 bits per heavy atom. The maximum atomic E-state index is 6.48. The number of rotatable bonds is 4.